The first-order chi connectivity index (χ1) is 12.5. The first-order valence-electron chi connectivity index (χ1n) is 8.77. The quantitative estimate of drug-likeness (QED) is 0.730. The molecular formula is C18H22N6O2. The van der Waals surface area contributed by atoms with Crippen LogP contribution in [-0.2, 0) is 7.05 Å². The van der Waals surface area contributed by atoms with Gasteiger partial charge in [-0.25, -0.2) is 4.98 Å². The largest absolute Gasteiger partial charge is 0.393 e. The molecule has 1 saturated carbocycles. The van der Waals surface area contributed by atoms with Crippen molar-refractivity contribution in [1.82, 2.24) is 29.5 Å². The second-order valence-corrected chi connectivity index (χ2v) is 7.08. The normalized spacial score (nSPS) is 22.8. The van der Waals surface area contributed by atoms with E-state index >= 15 is 0 Å². The predicted octanol–water partition coefficient (Wildman–Crippen LogP) is 1.06. The van der Waals surface area contributed by atoms with Crippen LogP contribution in [0.25, 0.3) is 5.65 Å². The van der Waals surface area contributed by atoms with Crippen LogP contribution in [0.3, 0.4) is 0 Å². The number of fused-ring (bicyclic) bond motifs is 1. The molecule has 0 bridgehead atoms. The van der Waals surface area contributed by atoms with Gasteiger partial charge >= 0.3 is 0 Å². The van der Waals surface area contributed by atoms with Crippen LogP contribution in [0.1, 0.15) is 40.6 Å². The monoisotopic (exact) mass is 354 g/mol. The molecule has 0 aromatic carbocycles. The number of carbonyl (C=O) groups excluding carboxylic acids is 1. The molecule has 3 aromatic heterocycles. The summed E-state index contributed by atoms with van der Waals surface area (Å²) in [6.07, 6.45) is 6.11. The number of amides is 1. The third kappa shape index (κ3) is 2.96. The van der Waals surface area contributed by atoms with Crippen LogP contribution in [0.2, 0.25) is 0 Å². The zero-order chi connectivity index (χ0) is 18.3. The van der Waals surface area contributed by atoms with Gasteiger partial charge in [0.2, 0.25) is 0 Å². The number of carbonyl (C=O) groups is 1. The van der Waals surface area contributed by atoms with Gasteiger partial charge in [-0.1, -0.05) is 6.07 Å². The molecule has 0 unspecified atom stereocenters. The van der Waals surface area contributed by atoms with Crippen molar-refractivity contribution in [3.05, 3.63) is 47.9 Å². The second-order valence-electron chi connectivity index (χ2n) is 7.08. The molecule has 0 aliphatic heterocycles. The summed E-state index contributed by atoms with van der Waals surface area (Å²) >= 11 is 0. The maximum absolute atomic E-state index is 12.6. The molecule has 0 spiro atoms. The summed E-state index contributed by atoms with van der Waals surface area (Å²) in [5, 5.41) is 21.4. The number of imidazole rings is 1. The zero-order valence-electron chi connectivity index (χ0n) is 14.8. The van der Waals surface area contributed by atoms with Gasteiger partial charge in [0.1, 0.15) is 23.5 Å². The zero-order valence-corrected chi connectivity index (χ0v) is 14.8. The summed E-state index contributed by atoms with van der Waals surface area (Å²) in [7, 11) is 1.91. The highest BCUT2D eigenvalue weighted by molar-refractivity contribution is 5.93. The van der Waals surface area contributed by atoms with Gasteiger partial charge in [-0.15, -0.1) is 10.2 Å². The number of aliphatic hydroxyl groups excluding tert-OH is 1. The summed E-state index contributed by atoms with van der Waals surface area (Å²) in [6.45, 7) is 2.40. The third-order valence-corrected chi connectivity index (χ3v) is 5.18. The fourth-order valence-corrected chi connectivity index (χ4v) is 3.76. The first-order valence-corrected chi connectivity index (χ1v) is 8.77. The predicted molar refractivity (Wildman–Crippen MR) is 94.7 cm³/mol. The minimum absolute atomic E-state index is 0.00146. The Morgan fingerprint density at radius 3 is 3.00 bits per heavy atom. The summed E-state index contributed by atoms with van der Waals surface area (Å²) < 4.78 is 3.68. The lowest BCUT2D eigenvalue weighted by Gasteiger charge is -2.15. The fraction of sp³-hybridized carbons (Fsp3) is 0.444. The van der Waals surface area contributed by atoms with Crippen LogP contribution in [0.5, 0.6) is 0 Å². The van der Waals surface area contributed by atoms with Crippen molar-refractivity contribution in [2.24, 2.45) is 13.0 Å². The van der Waals surface area contributed by atoms with Gasteiger partial charge in [-0.05, 0) is 31.4 Å². The van der Waals surface area contributed by atoms with Crippen molar-refractivity contribution >= 4 is 11.6 Å². The molecule has 2 N–H and O–H groups in total. The third-order valence-electron chi connectivity index (χ3n) is 5.18. The maximum Gasteiger partial charge on any atom is 0.269 e. The standard InChI is InChI=1S/C18H22N6O2/c1-11-3-4-16-19-8-14(24(16)9-11)18(26)20-7-13-5-12(6-15(13)25)17-22-21-10-23(17)2/h3-4,8-10,12-13,15,25H,5-7H2,1-2H3,(H,20,26)/t12-,13+,15+/m0/s1. The Kier molecular flexibility index (Phi) is 4.20. The van der Waals surface area contributed by atoms with Gasteiger partial charge in [0.05, 0.1) is 12.3 Å². The van der Waals surface area contributed by atoms with Crippen molar-refractivity contribution in [2.75, 3.05) is 6.54 Å². The Bertz CT molecular complexity index is 946. The van der Waals surface area contributed by atoms with E-state index in [0.29, 0.717) is 18.7 Å². The highest BCUT2D eigenvalue weighted by Gasteiger charge is 2.36. The molecule has 1 fully saturated rings. The molecule has 3 atom stereocenters. The van der Waals surface area contributed by atoms with Gasteiger partial charge in [0.15, 0.2) is 0 Å². The van der Waals surface area contributed by atoms with Crippen molar-refractivity contribution in [1.29, 1.82) is 0 Å². The molecule has 8 nitrogen and oxygen atoms in total. The Labute approximate surface area is 150 Å². The first kappa shape index (κ1) is 16.7. The number of pyridine rings is 1. The molecule has 26 heavy (non-hydrogen) atoms. The summed E-state index contributed by atoms with van der Waals surface area (Å²) in [5.41, 5.74) is 2.30. The van der Waals surface area contributed by atoms with E-state index in [0.717, 1.165) is 23.5 Å². The van der Waals surface area contributed by atoms with E-state index in [2.05, 4.69) is 20.5 Å². The summed E-state index contributed by atoms with van der Waals surface area (Å²) in [6, 6.07) is 3.85. The molecule has 3 aromatic rings. The highest BCUT2D eigenvalue weighted by atomic mass is 16.3. The van der Waals surface area contributed by atoms with Gasteiger partial charge in [0.25, 0.3) is 5.91 Å². The van der Waals surface area contributed by atoms with Crippen molar-refractivity contribution in [3.63, 3.8) is 0 Å². The number of aromatic nitrogens is 5. The molecule has 1 amide bonds. The topological polar surface area (TPSA) is 97.3 Å². The molecule has 136 valence electrons. The molecule has 1 aliphatic carbocycles. The average molecular weight is 354 g/mol. The smallest absolute Gasteiger partial charge is 0.269 e. The van der Waals surface area contributed by atoms with E-state index in [9.17, 15) is 9.90 Å². The lowest BCUT2D eigenvalue weighted by Crippen LogP contribution is -2.33. The minimum atomic E-state index is -0.457. The number of aliphatic hydroxyl groups is 1. The number of nitrogens with one attached hydrogen (secondary N) is 1. The van der Waals surface area contributed by atoms with Crippen LogP contribution < -0.4 is 5.32 Å². The average Bonchev–Trinajstić information content (AvgIpc) is 3.31. The van der Waals surface area contributed by atoms with Crippen LogP contribution in [-0.4, -0.2) is 47.8 Å². The number of hydrogen-bond acceptors (Lipinski definition) is 5. The van der Waals surface area contributed by atoms with Gasteiger partial charge in [-0.3, -0.25) is 9.20 Å². The van der Waals surface area contributed by atoms with E-state index in [1.165, 1.54) is 0 Å². The van der Waals surface area contributed by atoms with E-state index in [1.807, 2.05) is 36.9 Å². The number of aryl methyl sites for hydroxylation is 2. The highest BCUT2D eigenvalue weighted by Crippen LogP contribution is 2.37. The van der Waals surface area contributed by atoms with Crippen LogP contribution in [0.15, 0.2) is 30.9 Å². The molecule has 3 heterocycles. The van der Waals surface area contributed by atoms with E-state index in [4.69, 9.17) is 0 Å². The Morgan fingerprint density at radius 1 is 1.38 bits per heavy atom. The maximum atomic E-state index is 12.6. The Morgan fingerprint density at radius 2 is 2.23 bits per heavy atom. The van der Waals surface area contributed by atoms with Gasteiger partial charge in [-0.2, -0.15) is 0 Å². The summed E-state index contributed by atoms with van der Waals surface area (Å²) in [4.78, 5) is 16.8. The Hall–Kier alpha value is -2.74. The number of rotatable bonds is 4. The van der Waals surface area contributed by atoms with E-state index in [1.54, 1.807) is 16.9 Å². The van der Waals surface area contributed by atoms with Gasteiger partial charge in [0, 0.05) is 31.6 Å². The SMILES string of the molecule is Cc1ccc2ncc(C(=O)NC[C@H]3C[C@H](c4nncn4C)C[C@H]3O)n2c1. The molecule has 0 radical (unpaired) electrons. The number of hydrogen-bond donors (Lipinski definition) is 2. The van der Waals surface area contributed by atoms with Crippen molar-refractivity contribution in [3.8, 4) is 0 Å². The minimum Gasteiger partial charge on any atom is -0.393 e. The van der Waals surface area contributed by atoms with E-state index in [-0.39, 0.29) is 17.7 Å². The lowest BCUT2D eigenvalue weighted by atomic mass is 10.0. The summed E-state index contributed by atoms with van der Waals surface area (Å²) in [5.74, 6) is 0.868. The van der Waals surface area contributed by atoms with Gasteiger partial charge < -0.3 is 15.0 Å². The van der Waals surface area contributed by atoms with Crippen molar-refractivity contribution in [2.45, 2.75) is 31.8 Å². The van der Waals surface area contributed by atoms with Crippen LogP contribution >= 0.6 is 0 Å². The van der Waals surface area contributed by atoms with Crippen LogP contribution in [0.4, 0.5) is 0 Å². The van der Waals surface area contributed by atoms with Crippen LogP contribution in [0, 0.1) is 12.8 Å². The second kappa shape index (κ2) is 6.53. The Balaban J connectivity index is 1.43. The molecule has 1 aliphatic rings. The fourth-order valence-electron chi connectivity index (χ4n) is 3.76. The number of nitrogens with zero attached hydrogens (tertiary/aromatic N) is 5. The lowest BCUT2D eigenvalue weighted by molar-refractivity contribution is 0.0911. The van der Waals surface area contributed by atoms with Crippen molar-refractivity contribution < 1.29 is 9.90 Å². The van der Waals surface area contributed by atoms with E-state index < -0.39 is 6.10 Å². The molecule has 0 saturated heterocycles. The molecular weight excluding hydrogens is 332 g/mol. The molecule has 4 rings (SSSR count). The molecule has 8 heteroatoms.